The molecule has 3 heteroatoms. The van der Waals surface area contributed by atoms with Crippen LogP contribution in [0.2, 0.25) is 0 Å². The quantitative estimate of drug-likeness (QED) is 0.653. The molecule has 0 saturated heterocycles. The molecule has 0 aromatic heterocycles. The van der Waals surface area contributed by atoms with Crippen LogP contribution in [0.5, 0.6) is 0 Å². The third-order valence-corrected chi connectivity index (χ3v) is 8.72. The van der Waals surface area contributed by atoms with Crippen molar-refractivity contribution in [3.05, 3.63) is 11.8 Å². The summed E-state index contributed by atoms with van der Waals surface area (Å²) >= 11 is 0. The van der Waals surface area contributed by atoms with E-state index in [0.717, 1.165) is 30.6 Å². The summed E-state index contributed by atoms with van der Waals surface area (Å²) < 4.78 is 11.3. The van der Waals surface area contributed by atoms with Crippen LogP contribution in [-0.2, 0) is 14.3 Å². The molecule has 7 atom stereocenters. The number of allylic oxidation sites excluding steroid dienone is 2. The third kappa shape index (κ3) is 2.56. The van der Waals surface area contributed by atoms with Gasteiger partial charge in [-0.3, -0.25) is 4.79 Å². The first-order valence-electron chi connectivity index (χ1n) is 10.3. The van der Waals surface area contributed by atoms with Crippen molar-refractivity contribution in [2.24, 2.45) is 34.5 Å². The van der Waals surface area contributed by atoms with Crippen LogP contribution in [0.15, 0.2) is 11.8 Å². The molecular weight excluding hydrogens is 312 g/mol. The van der Waals surface area contributed by atoms with Crippen LogP contribution in [0, 0.1) is 34.5 Å². The molecule has 2 unspecified atom stereocenters. The van der Waals surface area contributed by atoms with Crippen LogP contribution in [-0.4, -0.2) is 19.2 Å². The lowest BCUT2D eigenvalue weighted by Crippen LogP contribution is -2.53. The van der Waals surface area contributed by atoms with Crippen molar-refractivity contribution < 1.29 is 14.3 Å². The zero-order valence-corrected chi connectivity index (χ0v) is 16.3. The number of carbonyl (C=O) groups is 1. The molecule has 0 bridgehead atoms. The van der Waals surface area contributed by atoms with Crippen molar-refractivity contribution in [1.82, 2.24) is 0 Å². The van der Waals surface area contributed by atoms with E-state index in [1.807, 2.05) is 7.11 Å². The van der Waals surface area contributed by atoms with E-state index >= 15 is 0 Å². The van der Waals surface area contributed by atoms with Crippen molar-refractivity contribution in [3.63, 3.8) is 0 Å². The largest absolute Gasteiger partial charge is 0.501 e. The molecule has 4 aliphatic rings. The third-order valence-electron chi connectivity index (χ3n) is 8.72. The van der Waals surface area contributed by atoms with Crippen LogP contribution in [0.3, 0.4) is 0 Å². The minimum absolute atomic E-state index is 0.103. The van der Waals surface area contributed by atoms with E-state index < -0.39 is 0 Å². The van der Waals surface area contributed by atoms with Gasteiger partial charge in [0.2, 0.25) is 0 Å². The Kier molecular flexibility index (Phi) is 4.20. The maximum atomic E-state index is 11.6. The highest BCUT2D eigenvalue weighted by atomic mass is 16.5. The predicted molar refractivity (Wildman–Crippen MR) is 97.8 cm³/mol. The molecule has 0 heterocycles. The van der Waals surface area contributed by atoms with Gasteiger partial charge >= 0.3 is 5.97 Å². The minimum atomic E-state index is -0.103. The van der Waals surface area contributed by atoms with Crippen molar-refractivity contribution in [2.45, 2.75) is 78.2 Å². The van der Waals surface area contributed by atoms with Crippen LogP contribution in [0.1, 0.15) is 72.1 Å². The Balaban J connectivity index is 1.58. The Bertz CT molecular complexity index is 582. The molecule has 4 aliphatic carbocycles. The van der Waals surface area contributed by atoms with E-state index in [-0.39, 0.29) is 17.5 Å². The molecule has 0 aromatic carbocycles. The second-order valence-electron chi connectivity index (χ2n) is 9.62. The lowest BCUT2D eigenvalue weighted by Gasteiger charge is -2.59. The smallest absolute Gasteiger partial charge is 0.302 e. The second kappa shape index (κ2) is 6.03. The monoisotopic (exact) mass is 346 g/mol. The van der Waals surface area contributed by atoms with Crippen LogP contribution >= 0.6 is 0 Å². The standard InChI is InChI=1S/C22H34O3/c1-14(23)25-20-8-7-18-17-6-5-15-13-16(24-4)9-11-21(15,2)19(17)10-12-22(18,20)3/h13,15,17-20H,5-12H2,1-4H3/t15?,17-,18-,19-,20?,21-,22-/m0/s1. The average Bonchev–Trinajstić information content (AvgIpc) is 2.90. The molecular formula is C22H34O3. The molecule has 0 N–H and O–H groups in total. The van der Waals surface area contributed by atoms with Gasteiger partial charge in [0.1, 0.15) is 6.10 Å². The highest BCUT2D eigenvalue weighted by Gasteiger charge is 2.60. The second-order valence-corrected chi connectivity index (χ2v) is 9.62. The number of fused-ring (bicyclic) bond motifs is 5. The first kappa shape index (κ1) is 17.4. The molecule has 140 valence electrons. The van der Waals surface area contributed by atoms with Gasteiger partial charge in [-0.2, -0.15) is 0 Å². The number of rotatable bonds is 2. The summed E-state index contributed by atoms with van der Waals surface area (Å²) in [5, 5.41) is 0. The van der Waals surface area contributed by atoms with Gasteiger partial charge in [-0.15, -0.1) is 0 Å². The molecule has 0 aliphatic heterocycles. The lowest BCUT2D eigenvalue weighted by molar-refractivity contribution is -0.159. The summed E-state index contributed by atoms with van der Waals surface area (Å²) in [6, 6.07) is 0. The fourth-order valence-corrected chi connectivity index (χ4v) is 7.35. The maximum Gasteiger partial charge on any atom is 0.302 e. The fourth-order valence-electron chi connectivity index (χ4n) is 7.35. The van der Waals surface area contributed by atoms with Crippen molar-refractivity contribution in [1.29, 1.82) is 0 Å². The number of methoxy groups -OCH3 is 1. The number of hydrogen-bond acceptors (Lipinski definition) is 3. The highest BCUT2D eigenvalue weighted by molar-refractivity contribution is 5.66. The zero-order valence-electron chi connectivity index (χ0n) is 16.3. The number of hydrogen-bond donors (Lipinski definition) is 0. The van der Waals surface area contributed by atoms with Gasteiger partial charge in [0.25, 0.3) is 0 Å². The van der Waals surface area contributed by atoms with Gasteiger partial charge in [-0.1, -0.05) is 13.8 Å². The molecule has 4 rings (SSSR count). The topological polar surface area (TPSA) is 35.5 Å². The van der Waals surface area contributed by atoms with Gasteiger partial charge in [0.05, 0.1) is 12.9 Å². The van der Waals surface area contributed by atoms with Crippen molar-refractivity contribution in [3.8, 4) is 0 Å². The minimum Gasteiger partial charge on any atom is -0.501 e. The average molecular weight is 347 g/mol. The van der Waals surface area contributed by atoms with Crippen molar-refractivity contribution in [2.75, 3.05) is 7.11 Å². The van der Waals surface area contributed by atoms with Crippen LogP contribution in [0.25, 0.3) is 0 Å². The Morgan fingerprint density at radius 2 is 1.80 bits per heavy atom. The number of ether oxygens (including phenoxy) is 2. The number of esters is 1. The summed E-state index contributed by atoms with van der Waals surface area (Å²) in [7, 11) is 1.82. The SMILES string of the molecule is COC1=CC2CC[C@@H]3[C@H](CC[C@]4(C)C(OC(C)=O)CC[C@@H]34)[C@@]2(C)CC1. The summed E-state index contributed by atoms with van der Waals surface area (Å²) in [5.41, 5.74) is 0.643. The molecule has 0 spiro atoms. The van der Waals surface area contributed by atoms with E-state index in [0.29, 0.717) is 11.3 Å². The van der Waals surface area contributed by atoms with Gasteiger partial charge < -0.3 is 9.47 Å². The van der Waals surface area contributed by atoms with E-state index in [4.69, 9.17) is 9.47 Å². The maximum absolute atomic E-state index is 11.6. The summed E-state index contributed by atoms with van der Waals surface area (Å²) in [6.07, 6.45) is 12.4. The normalized spacial score (nSPS) is 48.6. The van der Waals surface area contributed by atoms with Crippen LogP contribution in [0.4, 0.5) is 0 Å². The Morgan fingerprint density at radius 3 is 2.52 bits per heavy atom. The van der Waals surface area contributed by atoms with E-state index in [9.17, 15) is 4.79 Å². The van der Waals surface area contributed by atoms with E-state index in [1.54, 1.807) is 6.92 Å². The zero-order chi connectivity index (χ0) is 17.8. The molecule has 25 heavy (non-hydrogen) atoms. The van der Waals surface area contributed by atoms with Crippen molar-refractivity contribution >= 4 is 5.97 Å². The first-order valence-corrected chi connectivity index (χ1v) is 10.3. The summed E-state index contributed by atoms with van der Waals surface area (Å²) in [5.74, 6) is 4.17. The molecule has 0 radical (unpaired) electrons. The van der Waals surface area contributed by atoms with Gasteiger partial charge in [0.15, 0.2) is 0 Å². The highest BCUT2D eigenvalue weighted by Crippen LogP contribution is 2.66. The molecule has 3 nitrogen and oxygen atoms in total. The molecule has 0 aromatic rings. The van der Waals surface area contributed by atoms with Gasteiger partial charge in [0, 0.05) is 18.8 Å². The van der Waals surface area contributed by atoms with Crippen LogP contribution < -0.4 is 0 Å². The fraction of sp³-hybridized carbons (Fsp3) is 0.864. The predicted octanol–water partition coefficient (Wildman–Crippen LogP) is 5.10. The van der Waals surface area contributed by atoms with E-state index in [1.165, 1.54) is 44.3 Å². The Labute approximate surface area is 152 Å². The molecule has 3 saturated carbocycles. The van der Waals surface area contributed by atoms with E-state index in [2.05, 4.69) is 19.9 Å². The summed E-state index contributed by atoms with van der Waals surface area (Å²) in [4.78, 5) is 11.6. The Morgan fingerprint density at radius 1 is 1.04 bits per heavy atom. The lowest BCUT2D eigenvalue weighted by atomic mass is 9.46. The Hall–Kier alpha value is -0.990. The van der Waals surface area contributed by atoms with Gasteiger partial charge in [-0.25, -0.2) is 0 Å². The summed E-state index contributed by atoms with van der Waals surface area (Å²) in [6.45, 7) is 6.53. The first-order chi connectivity index (χ1) is 11.9. The van der Waals surface area contributed by atoms with Gasteiger partial charge in [-0.05, 0) is 80.1 Å². The number of carbonyl (C=O) groups excluding carboxylic acids is 1. The molecule has 3 fully saturated rings. The molecule has 0 amide bonds.